The van der Waals surface area contributed by atoms with Crippen LogP contribution in [0.1, 0.15) is 0 Å². The molecule has 2 heterocycles. The van der Waals surface area contributed by atoms with Gasteiger partial charge in [0.05, 0.1) is 39.1 Å². The van der Waals surface area contributed by atoms with Gasteiger partial charge in [0.2, 0.25) is 0 Å². The Kier molecular flexibility index (Phi) is 5.65. The molecule has 1 N–H and O–H groups in total. The molecule has 7 nitrogen and oxygen atoms in total. The van der Waals surface area contributed by atoms with Crippen molar-refractivity contribution in [3.05, 3.63) is 52.8 Å². The van der Waals surface area contributed by atoms with E-state index in [-0.39, 0.29) is 18.3 Å². The molecule has 4 rings (SSSR count). The number of ether oxygens (including phenoxy) is 3. The highest BCUT2D eigenvalue weighted by Crippen LogP contribution is 2.36. The molecular weight excluding hydrogens is 384 g/mol. The lowest BCUT2D eigenvalue weighted by molar-refractivity contribution is 0.0135. The minimum absolute atomic E-state index is 0.0480. The summed E-state index contributed by atoms with van der Waals surface area (Å²) in [7, 11) is 4.94. The van der Waals surface area contributed by atoms with Crippen molar-refractivity contribution in [2.45, 2.75) is 6.10 Å². The Morgan fingerprint density at radius 3 is 2.33 bits per heavy atom. The van der Waals surface area contributed by atoms with Crippen LogP contribution in [0.25, 0.3) is 22.0 Å². The van der Waals surface area contributed by atoms with E-state index in [2.05, 4.69) is 17.0 Å². The molecule has 1 aromatic heterocycles. The number of methoxy groups -OCH3 is 2. The third-order valence-corrected chi connectivity index (χ3v) is 5.59. The minimum Gasteiger partial charge on any atom is -0.493 e. The number of anilines is 1. The van der Waals surface area contributed by atoms with Gasteiger partial charge in [0.15, 0.2) is 11.5 Å². The molecule has 0 bridgehead atoms. The van der Waals surface area contributed by atoms with E-state index in [0.29, 0.717) is 18.1 Å². The molecule has 3 aromatic rings. The van der Waals surface area contributed by atoms with Crippen molar-refractivity contribution in [1.82, 2.24) is 4.57 Å². The zero-order valence-electron chi connectivity index (χ0n) is 17.4. The summed E-state index contributed by atoms with van der Waals surface area (Å²) in [5, 5.41) is 9.77. The Labute approximate surface area is 175 Å². The first-order valence-corrected chi connectivity index (χ1v) is 9.89. The average molecular weight is 410 g/mol. The number of aryl methyl sites for hydroxylation is 1. The maximum absolute atomic E-state index is 12.6. The van der Waals surface area contributed by atoms with Crippen LogP contribution >= 0.6 is 0 Å². The van der Waals surface area contributed by atoms with E-state index in [0.717, 1.165) is 40.8 Å². The summed E-state index contributed by atoms with van der Waals surface area (Å²) < 4.78 is 18.0. The average Bonchev–Trinajstić information content (AvgIpc) is 2.74. The molecule has 30 heavy (non-hydrogen) atoms. The summed E-state index contributed by atoms with van der Waals surface area (Å²) in [4.78, 5) is 14.8. The van der Waals surface area contributed by atoms with Crippen molar-refractivity contribution < 1.29 is 19.3 Å². The molecule has 158 valence electrons. The summed E-state index contributed by atoms with van der Waals surface area (Å²) >= 11 is 0. The van der Waals surface area contributed by atoms with E-state index in [1.165, 1.54) is 0 Å². The van der Waals surface area contributed by atoms with E-state index in [9.17, 15) is 4.79 Å². The summed E-state index contributed by atoms with van der Waals surface area (Å²) in [5.74, 6) is 1.21. The molecule has 1 saturated heterocycles. The van der Waals surface area contributed by atoms with Crippen LogP contribution in [0, 0.1) is 0 Å². The Bertz CT molecular complexity index is 1100. The van der Waals surface area contributed by atoms with Crippen molar-refractivity contribution >= 4 is 16.6 Å². The van der Waals surface area contributed by atoms with E-state index in [1.54, 1.807) is 31.9 Å². The standard InChI is InChI=1S/C23H26N2O5/c1-24-20-12-22(29-3)21(28-2)10-19(20)18(11-23(24)27)15-4-6-16(7-5-15)25-13-17(14-25)30-9-8-26/h4-7,10-12,17,26H,8-9,13-14H2,1-3H3. The lowest BCUT2D eigenvalue weighted by atomic mass is 9.99. The number of aromatic nitrogens is 1. The summed E-state index contributed by atoms with van der Waals surface area (Å²) in [6.45, 7) is 2.05. The fourth-order valence-corrected chi connectivity index (χ4v) is 3.84. The molecule has 0 atom stereocenters. The van der Waals surface area contributed by atoms with Gasteiger partial charge in [0, 0.05) is 43.3 Å². The molecule has 0 unspecified atom stereocenters. The number of benzene rings is 2. The number of aliphatic hydroxyl groups excluding tert-OH is 1. The fraction of sp³-hybridized carbons (Fsp3) is 0.348. The van der Waals surface area contributed by atoms with Crippen molar-refractivity contribution in [3.63, 3.8) is 0 Å². The molecule has 2 aromatic carbocycles. The number of nitrogens with zero attached hydrogens (tertiary/aromatic N) is 2. The molecule has 1 aliphatic rings. The summed E-state index contributed by atoms with van der Waals surface area (Å²) in [6.07, 6.45) is 0.167. The highest BCUT2D eigenvalue weighted by Gasteiger charge is 2.27. The SMILES string of the molecule is COc1cc2c(-c3ccc(N4CC(OCCO)C4)cc3)cc(=O)n(C)c2cc1OC. The van der Waals surface area contributed by atoms with Gasteiger partial charge in [-0.3, -0.25) is 4.79 Å². The maximum atomic E-state index is 12.6. The van der Waals surface area contributed by atoms with Gasteiger partial charge in [-0.15, -0.1) is 0 Å². The van der Waals surface area contributed by atoms with Crippen LogP contribution in [0.3, 0.4) is 0 Å². The van der Waals surface area contributed by atoms with Gasteiger partial charge < -0.3 is 28.8 Å². The van der Waals surface area contributed by atoms with Crippen LogP contribution in [0.2, 0.25) is 0 Å². The fourth-order valence-electron chi connectivity index (χ4n) is 3.84. The Hall–Kier alpha value is -3.03. The first-order valence-electron chi connectivity index (χ1n) is 9.89. The first-order chi connectivity index (χ1) is 14.5. The van der Waals surface area contributed by atoms with E-state index >= 15 is 0 Å². The Morgan fingerprint density at radius 2 is 1.70 bits per heavy atom. The third kappa shape index (κ3) is 3.62. The topological polar surface area (TPSA) is 73.2 Å². The Balaban J connectivity index is 1.68. The van der Waals surface area contributed by atoms with Crippen molar-refractivity contribution in [2.24, 2.45) is 7.05 Å². The number of rotatable bonds is 7. The number of pyridine rings is 1. The van der Waals surface area contributed by atoms with Crippen LogP contribution in [-0.2, 0) is 11.8 Å². The van der Waals surface area contributed by atoms with Crippen molar-refractivity contribution in [1.29, 1.82) is 0 Å². The van der Waals surface area contributed by atoms with Crippen LogP contribution in [0.15, 0.2) is 47.3 Å². The van der Waals surface area contributed by atoms with Gasteiger partial charge in [-0.1, -0.05) is 12.1 Å². The molecule has 0 radical (unpaired) electrons. The second-order valence-electron chi connectivity index (χ2n) is 7.35. The summed E-state index contributed by atoms with van der Waals surface area (Å²) in [5.41, 5.74) is 3.62. The molecule has 1 fully saturated rings. The lowest BCUT2D eigenvalue weighted by Crippen LogP contribution is -2.52. The molecule has 7 heteroatoms. The van der Waals surface area contributed by atoms with Gasteiger partial charge in [-0.25, -0.2) is 0 Å². The lowest BCUT2D eigenvalue weighted by Gasteiger charge is -2.40. The van der Waals surface area contributed by atoms with E-state index in [4.69, 9.17) is 19.3 Å². The molecule has 1 aliphatic heterocycles. The highest BCUT2D eigenvalue weighted by molar-refractivity contribution is 5.96. The van der Waals surface area contributed by atoms with Gasteiger partial charge in [0.1, 0.15) is 0 Å². The van der Waals surface area contributed by atoms with Crippen LogP contribution in [0.5, 0.6) is 11.5 Å². The predicted octanol–water partition coefficient (Wildman–Crippen LogP) is 2.42. The third-order valence-electron chi connectivity index (χ3n) is 5.59. The predicted molar refractivity (Wildman–Crippen MR) is 117 cm³/mol. The number of hydrogen-bond donors (Lipinski definition) is 1. The van der Waals surface area contributed by atoms with Crippen molar-refractivity contribution in [2.75, 3.05) is 45.4 Å². The van der Waals surface area contributed by atoms with E-state index < -0.39 is 0 Å². The number of hydrogen-bond acceptors (Lipinski definition) is 6. The van der Waals surface area contributed by atoms with Gasteiger partial charge >= 0.3 is 0 Å². The molecule has 0 aliphatic carbocycles. The van der Waals surface area contributed by atoms with Crippen LogP contribution in [0.4, 0.5) is 5.69 Å². The number of aliphatic hydroxyl groups is 1. The second kappa shape index (κ2) is 8.38. The zero-order chi connectivity index (χ0) is 21.3. The highest BCUT2D eigenvalue weighted by atomic mass is 16.5. The minimum atomic E-state index is -0.0830. The molecular formula is C23H26N2O5. The van der Waals surface area contributed by atoms with Gasteiger partial charge in [-0.05, 0) is 29.3 Å². The van der Waals surface area contributed by atoms with Crippen molar-refractivity contribution in [3.8, 4) is 22.6 Å². The molecule has 0 amide bonds. The number of fused-ring (bicyclic) bond motifs is 1. The van der Waals surface area contributed by atoms with Crippen LogP contribution in [-0.4, -0.2) is 56.3 Å². The van der Waals surface area contributed by atoms with Gasteiger partial charge in [-0.2, -0.15) is 0 Å². The van der Waals surface area contributed by atoms with Gasteiger partial charge in [0.25, 0.3) is 5.56 Å². The first kappa shape index (κ1) is 20.3. The normalized spacial score (nSPS) is 14.1. The van der Waals surface area contributed by atoms with Crippen LogP contribution < -0.4 is 19.9 Å². The smallest absolute Gasteiger partial charge is 0.251 e. The summed E-state index contributed by atoms with van der Waals surface area (Å²) in [6, 6.07) is 13.6. The van der Waals surface area contributed by atoms with E-state index in [1.807, 2.05) is 24.3 Å². The monoisotopic (exact) mass is 410 g/mol. The maximum Gasteiger partial charge on any atom is 0.251 e. The quantitative estimate of drug-likeness (QED) is 0.645. The molecule has 0 saturated carbocycles. The zero-order valence-corrected chi connectivity index (χ0v) is 17.4. The second-order valence-corrected chi connectivity index (χ2v) is 7.35. The molecule has 0 spiro atoms. The largest absolute Gasteiger partial charge is 0.493 e. The Morgan fingerprint density at radius 1 is 1.03 bits per heavy atom.